The lowest BCUT2D eigenvalue weighted by molar-refractivity contribution is 0.415. The first-order valence-electron chi connectivity index (χ1n) is 5.30. The van der Waals surface area contributed by atoms with E-state index in [2.05, 4.69) is 31.2 Å². The van der Waals surface area contributed by atoms with Crippen molar-refractivity contribution < 1.29 is 4.74 Å². The van der Waals surface area contributed by atoms with Crippen molar-refractivity contribution in [2.45, 2.75) is 19.8 Å². The highest BCUT2D eigenvalue weighted by atomic mass is 16.5. The molecule has 1 aromatic rings. The minimum absolute atomic E-state index is 0.918. The van der Waals surface area contributed by atoms with E-state index >= 15 is 0 Å². The van der Waals surface area contributed by atoms with Crippen LogP contribution in [0, 0.1) is 0 Å². The summed E-state index contributed by atoms with van der Waals surface area (Å²) >= 11 is 0. The van der Waals surface area contributed by atoms with E-state index < -0.39 is 0 Å². The summed E-state index contributed by atoms with van der Waals surface area (Å²) in [6, 6.07) is 8.28. The molecule has 1 nitrogen and oxygen atoms in total. The minimum Gasteiger partial charge on any atom is -0.497 e. The molecule has 1 heteroatoms. The van der Waals surface area contributed by atoms with Gasteiger partial charge < -0.3 is 4.74 Å². The molecule has 0 unspecified atom stereocenters. The van der Waals surface area contributed by atoms with Gasteiger partial charge in [-0.25, -0.2) is 0 Å². The molecule has 0 spiro atoms. The fraction of sp³-hybridized carbons (Fsp3) is 0.286. The molecule has 0 bridgehead atoms. The van der Waals surface area contributed by atoms with Gasteiger partial charge in [0.15, 0.2) is 0 Å². The first kappa shape index (κ1) is 10.0. The van der Waals surface area contributed by atoms with Crippen molar-refractivity contribution in [2.75, 3.05) is 7.11 Å². The maximum Gasteiger partial charge on any atom is 0.118 e. The van der Waals surface area contributed by atoms with Gasteiger partial charge in [-0.3, -0.25) is 0 Å². The van der Waals surface area contributed by atoms with Crippen molar-refractivity contribution in [3.63, 3.8) is 0 Å². The second-order valence-corrected chi connectivity index (χ2v) is 3.93. The van der Waals surface area contributed by atoms with Gasteiger partial charge in [-0.2, -0.15) is 0 Å². The third-order valence-electron chi connectivity index (χ3n) is 2.82. The molecule has 1 aromatic carbocycles. The lowest BCUT2D eigenvalue weighted by Crippen LogP contribution is -1.91. The minimum atomic E-state index is 0.918. The second kappa shape index (κ2) is 4.35. The second-order valence-electron chi connectivity index (χ2n) is 3.93. The van der Waals surface area contributed by atoms with E-state index in [1.807, 2.05) is 12.1 Å². The van der Waals surface area contributed by atoms with Gasteiger partial charge in [-0.15, -0.1) is 0 Å². The third kappa shape index (κ3) is 2.30. The molecule has 0 amide bonds. The first-order valence-corrected chi connectivity index (χ1v) is 5.30. The molecule has 0 atom stereocenters. The number of allylic oxidation sites excluding steroid dienone is 4. The summed E-state index contributed by atoms with van der Waals surface area (Å²) in [7, 11) is 1.70. The fourth-order valence-electron chi connectivity index (χ4n) is 1.79. The van der Waals surface area contributed by atoms with Gasteiger partial charge in [0, 0.05) is 0 Å². The number of rotatable bonds is 2. The van der Waals surface area contributed by atoms with Crippen LogP contribution in [0.1, 0.15) is 25.3 Å². The molecule has 0 saturated carbocycles. The predicted molar refractivity (Wildman–Crippen MR) is 64.0 cm³/mol. The molecule has 15 heavy (non-hydrogen) atoms. The Morgan fingerprint density at radius 3 is 2.27 bits per heavy atom. The summed E-state index contributed by atoms with van der Waals surface area (Å²) in [5.74, 6) is 0.918. The van der Waals surface area contributed by atoms with Crippen LogP contribution < -0.4 is 4.74 Å². The quantitative estimate of drug-likeness (QED) is 0.705. The molecule has 0 fully saturated rings. The Labute approximate surface area is 91.1 Å². The topological polar surface area (TPSA) is 9.23 Å². The van der Waals surface area contributed by atoms with Crippen LogP contribution in [0.3, 0.4) is 0 Å². The summed E-state index contributed by atoms with van der Waals surface area (Å²) in [5.41, 5.74) is 4.19. The van der Waals surface area contributed by atoms with Crippen LogP contribution in [-0.2, 0) is 0 Å². The van der Waals surface area contributed by atoms with Crippen LogP contribution in [0.5, 0.6) is 5.75 Å². The van der Waals surface area contributed by atoms with Gasteiger partial charge >= 0.3 is 0 Å². The maximum absolute atomic E-state index is 5.14. The van der Waals surface area contributed by atoms with Crippen LogP contribution in [0.15, 0.2) is 42.0 Å². The van der Waals surface area contributed by atoms with Crippen LogP contribution in [-0.4, -0.2) is 7.11 Å². The average molecular weight is 200 g/mol. The summed E-state index contributed by atoms with van der Waals surface area (Å²) in [5, 5.41) is 0. The van der Waals surface area contributed by atoms with Crippen LogP contribution >= 0.6 is 0 Å². The molecule has 78 valence electrons. The third-order valence-corrected chi connectivity index (χ3v) is 2.82. The molecule has 2 rings (SSSR count). The van der Waals surface area contributed by atoms with E-state index in [4.69, 9.17) is 4.74 Å². The highest BCUT2D eigenvalue weighted by Crippen LogP contribution is 2.27. The van der Waals surface area contributed by atoms with E-state index in [0.717, 1.165) is 12.2 Å². The zero-order valence-electron chi connectivity index (χ0n) is 9.29. The smallest absolute Gasteiger partial charge is 0.118 e. The molecule has 0 aliphatic heterocycles. The van der Waals surface area contributed by atoms with Crippen molar-refractivity contribution in [2.24, 2.45) is 0 Å². The summed E-state index contributed by atoms with van der Waals surface area (Å²) in [6.45, 7) is 2.18. The van der Waals surface area contributed by atoms with Crippen molar-refractivity contribution in [3.05, 3.63) is 47.6 Å². The first-order chi connectivity index (χ1) is 7.29. The Kier molecular flexibility index (Phi) is 2.91. The molecule has 0 heterocycles. The summed E-state index contributed by atoms with van der Waals surface area (Å²) in [6.07, 6.45) is 6.76. The number of benzene rings is 1. The van der Waals surface area contributed by atoms with Gasteiger partial charge in [-0.05, 0) is 43.0 Å². The van der Waals surface area contributed by atoms with Crippen molar-refractivity contribution in [3.8, 4) is 5.75 Å². The van der Waals surface area contributed by atoms with E-state index in [-0.39, 0.29) is 0 Å². The van der Waals surface area contributed by atoms with E-state index in [9.17, 15) is 0 Å². The Balaban J connectivity index is 2.23. The monoisotopic (exact) mass is 200 g/mol. The maximum atomic E-state index is 5.14. The lowest BCUT2D eigenvalue weighted by Gasteiger charge is -2.12. The lowest BCUT2D eigenvalue weighted by atomic mass is 9.94. The van der Waals surface area contributed by atoms with Crippen molar-refractivity contribution in [1.82, 2.24) is 0 Å². The van der Waals surface area contributed by atoms with Gasteiger partial charge in [0.25, 0.3) is 0 Å². The van der Waals surface area contributed by atoms with E-state index in [0.29, 0.717) is 0 Å². The van der Waals surface area contributed by atoms with Crippen LogP contribution in [0.25, 0.3) is 5.57 Å². The van der Waals surface area contributed by atoms with Crippen molar-refractivity contribution in [1.29, 1.82) is 0 Å². The van der Waals surface area contributed by atoms with E-state index in [1.165, 1.54) is 23.1 Å². The molecule has 1 aliphatic rings. The fourth-order valence-corrected chi connectivity index (χ4v) is 1.79. The Bertz CT molecular complexity index is 396. The predicted octanol–water partition coefficient (Wildman–Crippen LogP) is 3.82. The number of hydrogen-bond donors (Lipinski definition) is 0. The number of hydrogen-bond acceptors (Lipinski definition) is 1. The highest BCUT2D eigenvalue weighted by Gasteiger charge is 2.05. The normalized spacial score (nSPS) is 15.6. The molecule has 0 radical (unpaired) electrons. The Morgan fingerprint density at radius 1 is 1.00 bits per heavy atom. The number of methoxy groups -OCH3 is 1. The van der Waals surface area contributed by atoms with Crippen LogP contribution in [0.4, 0.5) is 0 Å². The highest BCUT2D eigenvalue weighted by molar-refractivity contribution is 5.69. The molecule has 1 aliphatic carbocycles. The molecule has 0 N–H and O–H groups in total. The Hall–Kier alpha value is -1.50. The van der Waals surface area contributed by atoms with Gasteiger partial charge in [0.1, 0.15) is 5.75 Å². The van der Waals surface area contributed by atoms with Gasteiger partial charge in [0.05, 0.1) is 7.11 Å². The molecule has 0 saturated heterocycles. The summed E-state index contributed by atoms with van der Waals surface area (Å²) in [4.78, 5) is 0. The molecular formula is C14H16O. The van der Waals surface area contributed by atoms with E-state index in [1.54, 1.807) is 7.11 Å². The van der Waals surface area contributed by atoms with Crippen LogP contribution in [0.2, 0.25) is 0 Å². The molecular weight excluding hydrogens is 184 g/mol. The largest absolute Gasteiger partial charge is 0.497 e. The zero-order valence-corrected chi connectivity index (χ0v) is 9.29. The average Bonchev–Trinajstić information content (AvgIpc) is 2.30. The molecule has 0 aromatic heterocycles. The van der Waals surface area contributed by atoms with Gasteiger partial charge in [0.2, 0.25) is 0 Å². The zero-order chi connectivity index (χ0) is 10.7. The van der Waals surface area contributed by atoms with Gasteiger partial charge in [-0.1, -0.05) is 29.9 Å². The standard InChI is InChI=1S/C14H16O/c1-11-3-5-12(6-4-11)13-7-9-14(15-2)10-8-13/h3,5,7-10H,4,6H2,1-2H3. The SMILES string of the molecule is COc1ccc(C2=CC=C(C)CC2)cc1. The summed E-state index contributed by atoms with van der Waals surface area (Å²) < 4.78 is 5.14. The Morgan fingerprint density at radius 2 is 1.73 bits per heavy atom. The number of ether oxygens (including phenoxy) is 1. The van der Waals surface area contributed by atoms with Crippen molar-refractivity contribution >= 4 is 5.57 Å².